The monoisotopic (exact) mass is 497 g/mol. The van der Waals surface area contributed by atoms with Crippen LogP contribution in [0.25, 0.3) is 0 Å². The second kappa shape index (κ2) is 11.7. The van der Waals surface area contributed by atoms with Crippen molar-refractivity contribution >= 4 is 5.91 Å². The lowest BCUT2D eigenvalue weighted by Crippen LogP contribution is -2.49. The minimum Gasteiger partial charge on any atom is -0.402 e. The predicted octanol–water partition coefficient (Wildman–Crippen LogP) is 4.68. The largest absolute Gasteiger partial charge is 0.402 e. The van der Waals surface area contributed by atoms with Gasteiger partial charge < -0.3 is 26.8 Å². The quantitative estimate of drug-likeness (QED) is 0.285. The zero-order valence-electron chi connectivity index (χ0n) is 23.5. The van der Waals surface area contributed by atoms with Gasteiger partial charge in [-0.2, -0.15) is 5.26 Å². The summed E-state index contributed by atoms with van der Waals surface area (Å²) >= 11 is 0. The van der Waals surface area contributed by atoms with E-state index < -0.39 is 6.04 Å². The van der Waals surface area contributed by atoms with E-state index in [0.717, 1.165) is 49.6 Å². The molecule has 7 nitrogen and oxygen atoms in total. The van der Waals surface area contributed by atoms with Crippen molar-refractivity contribution in [3.05, 3.63) is 47.0 Å². The summed E-state index contributed by atoms with van der Waals surface area (Å²) in [5.41, 5.74) is 15.1. The lowest BCUT2D eigenvalue weighted by Gasteiger charge is -2.46. The predicted molar refractivity (Wildman–Crippen MR) is 146 cm³/mol. The Kier molecular flexibility index (Phi) is 9.61. The van der Waals surface area contributed by atoms with Gasteiger partial charge in [-0.1, -0.05) is 26.0 Å². The molecule has 200 valence electrons. The van der Waals surface area contributed by atoms with Gasteiger partial charge in [-0.3, -0.25) is 4.79 Å². The molecule has 1 fully saturated rings. The van der Waals surface area contributed by atoms with E-state index in [1.165, 1.54) is 5.57 Å². The number of allylic oxidation sites excluding steroid dienone is 5. The van der Waals surface area contributed by atoms with Gasteiger partial charge in [-0.05, 0) is 102 Å². The third-order valence-electron chi connectivity index (χ3n) is 7.26. The summed E-state index contributed by atoms with van der Waals surface area (Å²) in [7, 11) is 0. The number of ether oxygens (including phenoxy) is 1. The van der Waals surface area contributed by atoms with Crippen molar-refractivity contribution in [2.45, 2.75) is 111 Å². The number of nitrogens with one attached hydrogen (secondary N) is 2. The van der Waals surface area contributed by atoms with Crippen LogP contribution >= 0.6 is 0 Å². The highest BCUT2D eigenvalue weighted by atomic mass is 16.5. The standard InChI is InChI=1S/C29H47N5O2/c1-19(21-11-13-27(3,4)14-12-21)25(34-26(35)20(2)33-23(17-30)18-31)10-9-24(32)22-15-28(5,6)36-29(7,8)16-22/h9-11,17,20,22,24,33H,12-16,30,32H2,1-8H3,(H,34,35)/b10-9-,23-17-,25-19-. The molecule has 1 aliphatic carbocycles. The molecule has 2 rings (SSSR count). The smallest absolute Gasteiger partial charge is 0.246 e. The Bertz CT molecular complexity index is 962. The van der Waals surface area contributed by atoms with Crippen molar-refractivity contribution in [2.75, 3.05) is 0 Å². The lowest BCUT2D eigenvalue weighted by atomic mass is 9.76. The SMILES string of the molecule is C/C(C1=CCC(C)(C)CC1)=C(\C=C/C(N)C1CC(C)(C)OC(C)(C)C1)NC(=O)C(C)N/C(C#N)=C\N. The summed E-state index contributed by atoms with van der Waals surface area (Å²) in [6.07, 6.45) is 12.2. The van der Waals surface area contributed by atoms with Crippen LogP contribution in [-0.4, -0.2) is 29.2 Å². The number of nitrogens with zero attached hydrogens (tertiary/aromatic N) is 1. The summed E-state index contributed by atoms with van der Waals surface area (Å²) in [5, 5.41) is 15.1. The van der Waals surface area contributed by atoms with Gasteiger partial charge >= 0.3 is 0 Å². The van der Waals surface area contributed by atoms with Crippen LogP contribution in [0.2, 0.25) is 0 Å². The molecule has 0 bridgehead atoms. The lowest BCUT2D eigenvalue weighted by molar-refractivity contribution is -0.173. The molecule has 2 atom stereocenters. The van der Waals surface area contributed by atoms with Crippen LogP contribution in [0, 0.1) is 22.7 Å². The molecule has 0 radical (unpaired) electrons. The number of hydrogen-bond acceptors (Lipinski definition) is 6. The first kappa shape index (κ1) is 29.7. The average Bonchev–Trinajstić information content (AvgIpc) is 2.77. The Morgan fingerprint density at radius 1 is 1.22 bits per heavy atom. The molecule has 0 aromatic rings. The van der Waals surface area contributed by atoms with Gasteiger partial charge in [-0.25, -0.2) is 0 Å². The van der Waals surface area contributed by atoms with Crippen molar-refractivity contribution in [1.29, 1.82) is 5.26 Å². The first-order valence-electron chi connectivity index (χ1n) is 13.0. The maximum atomic E-state index is 13.0. The first-order valence-corrected chi connectivity index (χ1v) is 13.0. The fraction of sp³-hybridized carbons (Fsp3) is 0.655. The van der Waals surface area contributed by atoms with E-state index in [9.17, 15) is 4.79 Å². The minimum absolute atomic E-state index is 0.152. The van der Waals surface area contributed by atoms with E-state index in [-0.39, 0.29) is 40.2 Å². The molecular formula is C29H47N5O2. The van der Waals surface area contributed by atoms with Crippen LogP contribution < -0.4 is 22.1 Å². The Balaban J connectivity index is 2.31. The zero-order valence-corrected chi connectivity index (χ0v) is 23.5. The van der Waals surface area contributed by atoms with Gasteiger partial charge in [0.25, 0.3) is 0 Å². The van der Waals surface area contributed by atoms with Crippen LogP contribution in [0.4, 0.5) is 0 Å². The topological polar surface area (TPSA) is 126 Å². The Morgan fingerprint density at radius 3 is 2.33 bits per heavy atom. The van der Waals surface area contributed by atoms with Crippen LogP contribution in [0.1, 0.15) is 87.5 Å². The van der Waals surface area contributed by atoms with E-state index in [2.05, 4.69) is 65.2 Å². The highest BCUT2D eigenvalue weighted by molar-refractivity contribution is 5.84. The number of carbonyl (C=O) groups excluding carboxylic acids is 1. The molecule has 1 heterocycles. The van der Waals surface area contributed by atoms with Crippen molar-refractivity contribution in [3.63, 3.8) is 0 Å². The van der Waals surface area contributed by atoms with Gasteiger partial charge in [0.15, 0.2) is 0 Å². The summed E-state index contributed by atoms with van der Waals surface area (Å²) in [5.74, 6) is 0.0164. The van der Waals surface area contributed by atoms with Gasteiger partial charge in [0, 0.05) is 17.9 Å². The number of carbonyl (C=O) groups is 1. The molecule has 1 saturated heterocycles. The first-order chi connectivity index (χ1) is 16.6. The molecule has 36 heavy (non-hydrogen) atoms. The second-order valence-corrected chi connectivity index (χ2v) is 12.4. The highest BCUT2D eigenvalue weighted by Gasteiger charge is 2.40. The Labute approximate surface area is 218 Å². The number of rotatable bonds is 8. The number of amides is 1. The molecular weight excluding hydrogens is 450 g/mol. The molecule has 0 aromatic heterocycles. The van der Waals surface area contributed by atoms with Crippen molar-refractivity contribution in [1.82, 2.24) is 10.6 Å². The zero-order chi connectivity index (χ0) is 27.3. The number of nitrogens with two attached hydrogens (primary N) is 2. The van der Waals surface area contributed by atoms with Crippen molar-refractivity contribution in [2.24, 2.45) is 22.8 Å². The summed E-state index contributed by atoms with van der Waals surface area (Å²) in [4.78, 5) is 13.0. The molecule has 0 aromatic carbocycles. The van der Waals surface area contributed by atoms with Crippen molar-refractivity contribution < 1.29 is 9.53 Å². The maximum Gasteiger partial charge on any atom is 0.246 e. The molecule has 0 spiro atoms. The Morgan fingerprint density at radius 2 is 1.83 bits per heavy atom. The fourth-order valence-electron chi connectivity index (χ4n) is 5.31. The van der Waals surface area contributed by atoms with Crippen LogP contribution in [0.15, 0.2) is 47.0 Å². The van der Waals surface area contributed by atoms with Gasteiger partial charge in [-0.15, -0.1) is 0 Å². The molecule has 1 aliphatic heterocycles. The molecule has 7 heteroatoms. The van der Waals surface area contributed by atoms with Crippen LogP contribution in [0.3, 0.4) is 0 Å². The highest BCUT2D eigenvalue weighted by Crippen LogP contribution is 2.40. The maximum absolute atomic E-state index is 13.0. The summed E-state index contributed by atoms with van der Waals surface area (Å²) in [6.45, 7) is 16.8. The number of nitriles is 1. The fourth-order valence-corrected chi connectivity index (χ4v) is 5.31. The molecule has 2 aliphatic rings. The van der Waals surface area contributed by atoms with Gasteiger partial charge in [0.2, 0.25) is 5.91 Å². The van der Waals surface area contributed by atoms with E-state index in [0.29, 0.717) is 0 Å². The van der Waals surface area contributed by atoms with Gasteiger partial charge in [0.05, 0.1) is 11.2 Å². The second-order valence-electron chi connectivity index (χ2n) is 12.4. The van der Waals surface area contributed by atoms with Crippen LogP contribution in [-0.2, 0) is 9.53 Å². The minimum atomic E-state index is -0.638. The normalized spacial score (nSPS) is 24.2. The van der Waals surface area contributed by atoms with E-state index in [1.54, 1.807) is 6.92 Å². The molecule has 2 unspecified atom stereocenters. The molecule has 0 saturated carbocycles. The average molecular weight is 498 g/mol. The molecule has 1 amide bonds. The molecule has 6 N–H and O–H groups in total. The van der Waals surface area contributed by atoms with E-state index in [1.807, 2.05) is 18.2 Å². The summed E-state index contributed by atoms with van der Waals surface area (Å²) < 4.78 is 6.23. The number of hydrogen-bond donors (Lipinski definition) is 4. The van der Waals surface area contributed by atoms with Gasteiger partial charge in [0.1, 0.15) is 17.8 Å². The Hall–Kier alpha value is -2.56. The van der Waals surface area contributed by atoms with E-state index >= 15 is 0 Å². The van der Waals surface area contributed by atoms with Crippen LogP contribution in [0.5, 0.6) is 0 Å². The van der Waals surface area contributed by atoms with E-state index in [4.69, 9.17) is 21.5 Å². The van der Waals surface area contributed by atoms with Crippen molar-refractivity contribution in [3.8, 4) is 6.07 Å². The summed E-state index contributed by atoms with van der Waals surface area (Å²) in [6, 6.07) is 1.13. The third kappa shape index (κ3) is 8.53. The third-order valence-corrected chi connectivity index (χ3v) is 7.26.